The first-order valence-electron chi connectivity index (χ1n) is 13.3. The van der Waals surface area contributed by atoms with Crippen molar-refractivity contribution in [2.24, 2.45) is 9.98 Å². The number of aryl methyl sites for hydroxylation is 2. The molecule has 2 aliphatic rings. The van der Waals surface area contributed by atoms with Crippen molar-refractivity contribution < 1.29 is 4.92 Å². The summed E-state index contributed by atoms with van der Waals surface area (Å²) in [6, 6.07) is 32.2. The number of non-ortho nitro benzene ring substituents is 1. The van der Waals surface area contributed by atoms with E-state index in [9.17, 15) is 10.1 Å². The molecule has 9 heteroatoms. The van der Waals surface area contributed by atoms with E-state index in [2.05, 4.69) is 16.3 Å². The van der Waals surface area contributed by atoms with Gasteiger partial charge in [-0.2, -0.15) is 5.10 Å². The van der Waals surface area contributed by atoms with Gasteiger partial charge in [0.1, 0.15) is 0 Å². The first-order valence-corrected chi connectivity index (χ1v) is 13.3. The van der Waals surface area contributed by atoms with Crippen molar-refractivity contribution in [3.63, 3.8) is 0 Å². The molecule has 7 rings (SSSR count). The average molecular weight is 540 g/mol. The molecule has 1 N–H and O–H groups in total. The quantitative estimate of drug-likeness (QED) is 0.192. The second-order valence-electron chi connectivity index (χ2n) is 10.1. The number of nitrogens with one attached hydrogen (secondary N) is 1. The van der Waals surface area contributed by atoms with Crippen LogP contribution in [0.3, 0.4) is 0 Å². The summed E-state index contributed by atoms with van der Waals surface area (Å²) in [4.78, 5) is 23.8. The lowest BCUT2D eigenvalue weighted by atomic mass is 9.93. The van der Waals surface area contributed by atoms with Gasteiger partial charge in [0.2, 0.25) is 0 Å². The van der Waals surface area contributed by atoms with E-state index < -0.39 is 6.04 Å². The Labute approximate surface area is 236 Å². The van der Waals surface area contributed by atoms with Crippen LogP contribution in [0.4, 0.5) is 28.6 Å². The highest BCUT2D eigenvalue weighted by Crippen LogP contribution is 2.48. The minimum atomic E-state index is -0.444. The van der Waals surface area contributed by atoms with Crippen LogP contribution in [0.25, 0.3) is 5.69 Å². The van der Waals surface area contributed by atoms with E-state index in [0.29, 0.717) is 17.5 Å². The molecule has 0 amide bonds. The van der Waals surface area contributed by atoms with E-state index in [0.717, 1.165) is 45.1 Å². The zero-order chi connectivity index (χ0) is 28.1. The van der Waals surface area contributed by atoms with Gasteiger partial charge >= 0.3 is 0 Å². The minimum Gasteiger partial charge on any atom is -0.337 e. The average Bonchev–Trinajstić information content (AvgIpc) is 3.32. The number of anilines is 2. The Morgan fingerprint density at radius 1 is 0.854 bits per heavy atom. The van der Waals surface area contributed by atoms with Crippen LogP contribution in [0.2, 0.25) is 0 Å². The number of para-hydroxylation sites is 3. The van der Waals surface area contributed by atoms with Crippen LogP contribution >= 0.6 is 0 Å². The molecule has 1 atom stereocenters. The largest absolute Gasteiger partial charge is 0.337 e. The number of aromatic nitrogens is 2. The lowest BCUT2D eigenvalue weighted by Gasteiger charge is -2.40. The zero-order valence-corrected chi connectivity index (χ0v) is 22.4. The minimum absolute atomic E-state index is 0.0262. The summed E-state index contributed by atoms with van der Waals surface area (Å²) in [6.45, 7) is 4.00. The number of nitro benzene ring substituents is 1. The van der Waals surface area contributed by atoms with Crippen LogP contribution in [0.15, 0.2) is 113 Å². The fourth-order valence-electron chi connectivity index (χ4n) is 5.53. The summed E-state index contributed by atoms with van der Waals surface area (Å²) in [5, 5.41) is 20.2. The van der Waals surface area contributed by atoms with Crippen LogP contribution < -0.4 is 10.2 Å². The van der Waals surface area contributed by atoms with Crippen molar-refractivity contribution >= 4 is 40.2 Å². The van der Waals surface area contributed by atoms with Crippen LogP contribution in [0.5, 0.6) is 0 Å². The molecular formula is C32H25N7O2. The van der Waals surface area contributed by atoms with Gasteiger partial charge in [-0.1, -0.05) is 54.6 Å². The van der Waals surface area contributed by atoms with Crippen molar-refractivity contribution in [3.05, 3.63) is 136 Å². The van der Waals surface area contributed by atoms with Crippen molar-refractivity contribution in [1.82, 2.24) is 9.78 Å². The molecule has 3 heterocycles. The number of rotatable bonds is 4. The van der Waals surface area contributed by atoms with Gasteiger partial charge in [0.15, 0.2) is 17.5 Å². The SMILES string of the molecule is Cc1cccc(NC2=Nc3ccccc3N3C2=Nc2c(c(C)nn2-c2ccccc2)[C@@H]3c2cccc([N+](=O)[O-])c2)c1. The maximum absolute atomic E-state index is 11.8. The lowest BCUT2D eigenvalue weighted by Crippen LogP contribution is -2.46. The fraction of sp³-hybridized carbons (Fsp3) is 0.0938. The molecule has 0 saturated heterocycles. The topological polar surface area (TPSA) is 101 Å². The van der Waals surface area contributed by atoms with E-state index in [4.69, 9.17) is 15.1 Å². The van der Waals surface area contributed by atoms with Crippen molar-refractivity contribution in [1.29, 1.82) is 0 Å². The molecule has 0 spiro atoms. The van der Waals surface area contributed by atoms with Gasteiger partial charge in [0.25, 0.3) is 5.69 Å². The Bertz CT molecular complexity index is 1890. The van der Waals surface area contributed by atoms with Gasteiger partial charge in [-0.3, -0.25) is 10.1 Å². The summed E-state index contributed by atoms with van der Waals surface area (Å²) in [5.41, 5.74) is 6.95. The highest BCUT2D eigenvalue weighted by molar-refractivity contribution is 6.51. The van der Waals surface area contributed by atoms with E-state index in [1.807, 2.05) is 97.4 Å². The number of benzene rings is 4. The second-order valence-corrected chi connectivity index (χ2v) is 10.1. The maximum Gasteiger partial charge on any atom is 0.269 e. The molecule has 4 aromatic carbocycles. The molecule has 1 aromatic heterocycles. The molecule has 0 bridgehead atoms. The predicted molar refractivity (Wildman–Crippen MR) is 161 cm³/mol. The summed E-state index contributed by atoms with van der Waals surface area (Å²) in [5.74, 6) is 1.84. The van der Waals surface area contributed by atoms with Crippen molar-refractivity contribution in [2.45, 2.75) is 19.9 Å². The number of aliphatic imine (C=N–C) groups is 2. The monoisotopic (exact) mass is 539 g/mol. The molecule has 5 aromatic rings. The van der Waals surface area contributed by atoms with Gasteiger partial charge in [0.05, 0.1) is 33.7 Å². The smallest absolute Gasteiger partial charge is 0.269 e. The lowest BCUT2D eigenvalue weighted by molar-refractivity contribution is -0.384. The number of hydrogen-bond donors (Lipinski definition) is 1. The van der Waals surface area contributed by atoms with Gasteiger partial charge in [-0.25, -0.2) is 14.7 Å². The van der Waals surface area contributed by atoms with E-state index >= 15 is 0 Å². The number of nitro groups is 1. The Morgan fingerprint density at radius 2 is 1.63 bits per heavy atom. The molecule has 0 aliphatic carbocycles. The molecule has 0 unspecified atom stereocenters. The van der Waals surface area contributed by atoms with Crippen LogP contribution in [0.1, 0.15) is 28.4 Å². The molecule has 9 nitrogen and oxygen atoms in total. The summed E-state index contributed by atoms with van der Waals surface area (Å²) < 4.78 is 1.84. The summed E-state index contributed by atoms with van der Waals surface area (Å²) >= 11 is 0. The Morgan fingerprint density at radius 3 is 2.44 bits per heavy atom. The van der Waals surface area contributed by atoms with E-state index in [-0.39, 0.29) is 10.6 Å². The van der Waals surface area contributed by atoms with E-state index in [1.54, 1.807) is 12.1 Å². The number of nitrogens with zero attached hydrogens (tertiary/aromatic N) is 6. The fourth-order valence-corrected chi connectivity index (χ4v) is 5.53. The van der Waals surface area contributed by atoms with E-state index in [1.165, 1.54) is 6.07 Å². The van der Waals surface area contributed by atoms with Gasteiger partial charge in [-0.15, -0.1) is 0 Å². The molecule has 0 radical (unpaired) electrons. The van der Waals surface area contributed by atoms with Gasteiger partial charge in [0, 0.05) is 23.4 Å². The molecule has 2 aliphatic heterocycles. The first kappa shape index (κ1) is 24.5. The summed E-state index contributed by atoms with van der Waals surface area (Å²) in [6.07, 6.45) is 0. The van der Waals surface area contributed by atoms with Crippen LogP contribution in [-0.2, 0) is 0 Å². The Kier molecular flexibility index (Phi) is 5.71. The Balaban J connectivity index is 1.51. The van der Waals surface area contributed by atoms with Gasteiger partial charge < -0.3 is 10.2 Å². The standard InChI is InChI=1S/C32H25N7O2/c1-20-10-8-12-23(18-20)33-30-32-35-31-28(21(2)36-38(31)24-13-4-3-5-14-24)29(22-11-9-15-25(19-22)39(40)41)37(32)27-17-7-6-16-26(27)34-30/h3-19,29H,1-2H3,(H,33,34)/t29-/m0/s1. The highest BCUT2D eigenvalue weighted by atomic mass is 16.6. The molecule has 0 saturated carbocycles. The molecule has 41 heavy (non-hydrogen) atoms. The van der Waals surface area contributed by atoms with Crippen LogP contribution in [-0.4, -0.2) is 26.4 Å². The summed E-state index contributed by atoms with van der Waals surface area (Å²) in [7, 11) is 0. The second kappa shape index (κ2) is 9.56. The number of fused-ring (bicyclic) bond motifs is 4. The third-order valence-corrected chi connectivity index (χ3v) is 7.32. The number of amidine groups is 2. The highest BCUT2D eigenvalue weighted by Gasteiger charge is 2.41. The zero-order valence-electron chi connectivity index (χ0n) is 22.4. The molecule has 0 fully saturated rings. The molecular weight excluding hydrogens is 514 g/mol. The van der Waals surface area contributed by atoms with Crippen LogP contribution in [0, 0.1) is 24.0 Å². The normalized spacial score (nSPS) is 15.3. The molecule has 200 valence electrons. The predicted octanol–water partition coefficient (Wildman–Crippen LogP) is 7.19. The van der Waals surface area contributed by atoms with Crippen molar-refractivity contribution in [2.75, 3.05) is 10.2 Å². The third-order valence-electron chi connectivity index (χ3n) is 7.32. The first-order chi connectivity index (χ1) is 20.0. The third kappa shape index (κ3) is 4.15. The van der Waals surface area contributed by atoms with Gasteiger partial charge in [-0.05, 0) is 61.4 Å². The maximum atomic E-state index is 11.8. The van der Waals surface area contributed by atoms with Crippen molar-refractivity contribution in [3.8, 4) is 5.69 Å². The number of hydrogen-bond acceptors (Lipinski definition) is 7. The Hall–Kier alpha value is -5.57.